The van der Waals surface area contributed by atoms with Crippen molar-refractivity contribution in [2.24, 2.45) is 0 Å². The molecule has 1 aromatic carbocycles. The first-order valence-corrected chi connectivity index (χ1v) is 9.69. The third kappa shape index (κ3) is 4.54. The molecule has 28 heavy (non-hydrogen) atoms. The number of aromatic nitrogens is 2. The molecule has 0 bridgehead atoms. The monoisotopic (exact) mass is 381 g/mol. The molecule has 2 aliphatic rings. The third-order valence-corrected chi connectivity index (χ3v) is 5.14. The van der Waals surface area contributed by atoms with Gasteiger partial charge < -0.3 is 10.2 Å². The van der Waals surface area contributed by atoms with Crippen molar-refractivity contribution in [3.63, 3.8) is 0 Å². The Balaban J connectivity index is 1.34. The second-order valence-corrected chi connectivity index (χ2v) is 7.26. The molecule has 0 saturated carbocycles. The number of amides is 1. The zero-order valence-electron chi connectivity index (χ0n) is 15.7. The van der Waals surface area contributed by atoms with Crippen molar-refractivity contribution in [1.29, 1.82) is 0 Å². The van der Waals surface area contributed by atoms with Crippen molar-refractivity contribution >= 4 is 11.6 Å². The third-order valence-electron chi connectivity index (χ3n) is 5.14. The molecule has 3 heterocycles. The van der Waals surface area contributed by atoms with E-state index in [4.69, 9.17) is 0 Å². The summed E-state index contributed by atoms with van der Waals surface area (Å²) in [7, 11) is 0. The molecule has 1 amide bonds. The number of hydrogen-bond acceptors (Lipinski definition) is 5. The second-order valence-electron chi connectivity index (χ2n) is 7.26. The van der Waals surface area contributed by atoms with Crippen molar-refractivity contribution in [3.05, 3.63) is 54.6 Å². The van der Waals surface area contributed by atoms with Crippen LogP contribution in [0, 0.1) is 5.82 Å². The number of nitrogens with one attached hydrogen (secondary N) is 1. The lowest BCUT2D eigenvalue weighted by Gasteiger charge is -2.31. The van der Waals surface area contributed by atoms with Crippen LogP contribution >= 0.6 is 0 Å². The Hall–Kier alpha value is -2.80. The van der Waals surface area contributed by atoms with Gasteiger partial charge in [-0.3, -0.25) is 9.69 Å². The maximum Gasteiger partial charge on any atom is 0.237 e. The minimum absolute atomic E-state index is 0.0733. The van der Waals surface area contributed by atoms with Crippen molar-refractivity contribution < 1.29 is 9.18 Å². The molecule has 1 N–H and O–H groups in total. The van der Waals surface area contributed by atoms with Crippen molar-refractivity contribution in [1.82, 2.24) is 19.8 Å². The van der Waals surface area contributed by atoms with E-state index in [0.29, 0.717) is 25.5 Å². The van der Waals surface area contributed by atoms with Crippen molar-refractivity contribution in [2.45, 2.75) is 18.9 Å². The number of likely N-dealkylation sites (tertiary alicyclic amines) is 1. The van der Waals surface area contributed by atoms with Crippen LogP contribution in [0.3, 0.4) is 0 Å². The van der Waals surface area contributed by atoms with Gasteiger partial charge in [0.05, 0.1) is 25.0 Å². The molecule has 1 atom stereocenters. The van der Waals surface area contributed by atoms with E-state index in [1.54, 1.807) is 0 Å². The molecule has 6 nitrogen and oxygen atoms in total. The highest BCUT2D eigenvalue weighted by molar-refractivity contribution is 5.79. The molecular formula is C21H24FN5O. The van der Waals surface area contributed by atoms with Gasteiger partial charge in [-0.05, 0) is 50.2 Å². The van der Waals surface area contributed by atoms with Gasteiger partial charge >= 0.3 is 0 Å². The number of benzene rings is 1. The first-order valence-electron chi connectivity index (χ1n) is 9.69. The Kier molecular flexibility index (Phi) is 5.62. The number of nitrogens with zero attached hydrogens (tertiary/aromatic N) is 4. The quantitative estimate of drug-likeness (QED) is 0.807. The molecule has 7 heteroatoms. The summed E-state index contributed by atoms with van der Waals surface area (Å²) in [5.74, 6) is 0.237. The molecule has 0 radical (unpaired) electrons. The Bertz CT molecular complexity index is 831. The number of carbonyl (C=O) groups is 1. The number of halogens is 1. The van der Waals surface area contributed by atoms with Gasteiger partial charge in [-0.1, -0.05) is 12.2 Å². The van der Waals surface area contributed by atoms with E-state index in [2.05, 4.69) is 26.3 Å². The Morgan fingerprint density at radius 3 is 2.57 bits per heavy atom. The minimum atomic E-state index is -0.449. The summed E-state index contributed by atoms with van der Waals surface area (Å²) in [5, 5.41) is 3.45. The molecule has 2 aromatic rings. The number of hydrogen-bond donors (Lipinski definition) is 1. The summed E-state index contributed by atoms with van der Waals surface area (Å²) in [5.41, 5.74) is 1.78. The van der Waals surface area contributed by atoms with Gasteiger partial charge in [0, 0.05) is 24.3 Å². The van der Waals surface area contributed by atoms with E-state index < -0.39 is 5.82 Å². The zero-order valence-corrected chi connectivity index (χ0v) is 15.7. The van der Waals surface area contributed by atoms with E-state index in [-0.39, 0.29) is 11.9 Å². The van der Waals surface area contributed by atoms with Gasteiger partial charge in [-0.25, -0.2) is 14.4 Å². The molecular weight excluding hydrogens is 357 g/mol. The lowest BCUT2D eigenvalue weighted by Crippen LogP contribution is -2.46. The normalized spacial score (nSPS) is 19.8. The smallest absolute Gasteiger partial charge is 0.237 e. The number of carbonyl (C=O) groups excluding carboxylic acids is 1. The standard InChI is InChI=1S/C21H24FN5O/c22-17-12-23-21(24-13-17)16-5-7-18(8-6-16)25-19-4-3-11-27(14-19)20(28)15-26-9-1-2-10-26/h3-8,12-13,19,25H,1-2,9-11,14-15H2/t19-/m0/s1. The first-order chi connectivity index (χ1) is 13.7. The highest BCUT2D eigenvalue weighted by Crippen LogP contribution is 2.19. The van der Waals surface area contributed by atoms with E-state index >= 15 is 0 Å². The highest BCUT2D eigenvalue weighted by atomic mass is 19.1. The predicted molar refractivity (Wildman–Crippen MR) is 106 cm³/mol. The molecule has 4 rings (SSSR count). The van der Waals surface area contributed by atoms with Crippen LogP contribution in [-0.4, -0.2) is 64.4 Å². The van der Waals surface area contributed by atoms with E-state index in [9.17, 15) is 9.18 Å². The van der Waals surface area contributed by atoms with Crippen LogP contribution in [0.5, 0.6) is 0 Å². The number of anilines is 1. The summed E-state index contributed by atoms with van der Waals surface area (Å²) in [4.78, 5) is 24.7. The van der Waals surface area contributed by atoms with Gasteiger partial charge in [-0.15, -0.1) is 0 Å². The topological polar surface area (TPSA) is 61.4 Å². The van der Waals surface area contributed by atoms with Gasteiger partial charge in [-0.2, -0.15) is 0 Å². The van der Waals surface area contributed by atoms with Gasteiger partial charge in [0.25, 0.3) is 0 Å². The fourth-order valence-electron chi connectivity index (χ4n) is 3.65. The molecule has 1 aromatic heterocycles. The van der Waals surface area contributed by atoms with E-state index in [1.165, 1.54) is 12.8 Å². The largest absolute Gasteiger partial charge is 0.377 e. The summed E-state index contributed by atoms with van der Waals surface area (Å²) >= 11 is 0. The molecule has 146 valence electrons. The second kappa shape index (κ2) is 8.48. The van der Waals surface area contributed by atoms with Crippen LogP contribution in [0.4, 0.5) is 10.1 Å². The van der Waals surface area contributed by atoms with Crippen LogP contribution in [0.25, 0.3) is 11.4 Å². The molecule has 2 aliphatic heterocycles. The lowest BCUT2D eigenvalue weighted by molar-refractivity contribution is -0.131. The maximum absolute atomic E-state index is 13.0. The minimum Gasteiger partial charge on any atom is -0.377 e. The van der Waals surface area contributed by atoms with Gasteiger partial charge in [0.2, 0.25) is 5.91 Å². The highest BCUT2D eigenvalue weighted by Gasteiger charge is 2.23. The summed E-state index contributed by atoms with van der Waals surface area (Å²) in [6, 6.07) is 7.77. The van der Waals surface area contributed by atoms with Crippen LogP contribution in [0.1, 0.15) is 12.8 Å². The van der Waals surface area contributed by atoms with Crippen LogP contribution in [-0.2, 0) is 4.79 Å². The Labute approximate surface area is 164 Å². The van der Waals surface area contributed by atoms with Crippen LogP contribution in [0.2, 0.25) is 0 Å². The van der Waals surface area contributed by atoms with Crippen molar-refractivity contribution in [2.75, 3.05) is 38.0 Å². The summed E-state index contributed by atoms with van der Waals surface area (Å²) < 4.78 is 13.0. The molecule has 1 saturated heterocycles. The zero-order chi connectivity index (χ0) is 19.3. The van der Waals surface area contributed by atoms with Crippen LogP contribution < -0.4 is 5.32 Å². The molecule has 0 spiro atoms. The Morgan fingerprint density at radius 1 is 1.14 bits per heavy atom. The van der Waals surface area contributed by atoms with Crippen LogP contribution in [0.15, 0.2) is 48.8 Å². The summed E-state index contributed by atoms with van der Waals surface area (Å²) in [6.07, 6.45) is 8.86. The lowest BCUT2D eigenvalue weighted by atomic mass is 10.1. The SMILES string of the molecule is O=C(CN1CCCC1)N1CC=C[C@H](Nc2ccc(-c3ncc(F)cn3)cc2)C1. The van der Waals surface area contributed by atoms with Gasteiger partial charge in [0.1, 0.15) is 0 Å². The molecule has 0 aliphatic carbocycles. The maximum atomic E-state index is 13.0. The first kappa shape index (κ1) is 18.6. The average Bonchev–Trinajstić information content (AvgIpc) is 3.22. The average molecular weight is 381 g/mol. The Morgan fingerprint density at radius 2 is 1.86 bits per heavy atom. The number of rotatable bonds is 5. The van der Waals surface area contributed by atoms with E-state index in [0.717, 1.165) is 36.7 Å². The molecule has 0 unspecified atom stereocenters. The fraction of sp³-hybridized carbons (Fsp3) is 0.381. The molecule has 1 fully saturated rings. The predicted octanol–water partition coefficient (Wildman–Crippen LogP) is 2.56. The van der Waals surface area contributed by atoms with E-state index in [1.807, 2.05) is 35.2 Å². The fourth-order valence-corrected chi connectivity index (χ4v) is 3.65. The summed E-state index contributed by atoms with van der Waals surface area (Å²) in [6.45, 7) is 3.91. The van der Waals surface area contributed by atoms with Crippen molar-refractivity contribution in [3.8, 4) is 11.4 Å². The van der Waals surface area contributed by atoms with Gasteiger partial charge in [0.15, 0.2) is 11.6 Å².